The van der Waals surface area contributed by atoms with Crippen molar-refractivity contribution in [3.63, 3.8) is 0 Å². The van der Waals surface area contributed by atoms with Gasteiger partial charge in [-0.2, -0.15) is 0 Å². The smallest absolute Gasteiger partial charge is 0.266 e. The van der Waals surface area contributed by atoms with Crippen molar-refractivity contribution in [2.45, 2.75) is 96.4 Å². The van der Waals surface area contributed by atoms with E-state index in [4.69, 9.17) is 5.73 Å². The van der Waals surface area contributed by atoms with Crippen LogP contribution in [0.1, 0.15) is 67.4 Å². The van der Waals surface area contributed by atoms with Crippen molar-refractivity contribution in [1.82, 2.24) is 21.3 Å². The van der Waals surface area contributed by atoms with Gasteiger partial charge in [-0.1, -0.05) is 85.7 Å². The monoisotopic (exact) mass is 593 g/mol. The summed E-state index contributed by atoms with van der Waals surface area (Å²) in [5.74, 6) is -3.05. The van der Waals surface area contributed by atoms with Crippen LogP contribution in [0.3, 0.4) is 0 Å². The van der Waals surface area contributed by atoms with Crippen LogP contribution < -0.4 is 27.0 Å². The second-order valence-electron chi connectivity index (χ2n) is 12.8. The molecule has 0 saturated carbocycles. The molecule has 0 aromatic heterocycles. The maximum Gasteiger partial charge on any atom is 0.266 e. The average Bonchev–Trinajstić information content (AvgIpc) is 2.84. The van der Waals surface area contributed by atoms with Crippen molar-refractivity contribution in [3.05, 3.63) is 35.9 Å². The lowest BCUT2D eigenvalue weighted by atomic mass is 10.0. The van der Waals surface area contributed by atoms with Gasteiger partial charge in [-0.25, -0.2) is 0 Å². The van der Waals surface area contributed by atoms with Gasteiger partial charge in [0.25, 0.3) is 8.41 Å². The number of hydrogen-bond donors (Lipinski definition) is 5. The summed E-state index contributed by atoms with van der Waals surface area (Å²) < 4.78 is 16.3. The van der Waals surface area contributed by atoms with Crippen molar-refractivity contribution in [2.75, 3.05) is 13.1 Å². The molecular weight excluding hydrogens is 545 g/mol. The molecule has 1 aromatic carbocycles. The Hall–Kier alpha value is -3.28. The van der Waals surface area contributed by atoms with Crippen molar-refractivity contribution >= 4 is 37.9 Å². The molecule has 1 rings (SSSR count). The van der Waals surface area contributed by atoms with Crippen molar-refractivity contribution < 1.29 is 28.1 Å². The van der Waals surface area contributed by atoms with Gasteiger partial charge in [0.15, 0.2) is 0 Å². The zero-order chi connectivity index (χ0) is 31.6. The summed E-state index contributed by atoms with van der Waals surface area (Å²) in [6.07, 6.45) is 0.0565. The second kappa shape index (κ2) is 15.1. The van der Waals surface area contributed by atoms with E-state index in [0.29, 0.717) is 0 Å². The highest BCUT2D eigenvalue weighted by Crippen LogP contribution is 2.54. The number of carbonyl (C=O) groups is 5. The first kappa shape index (κ1) is 35.7. The van der Waals surface area contributed by atoms with Crippen LogP contribution >= 0.6 is 0 Å². The predicted molar refractivity (Wildman–Crippen MR) is 160 cm³/mol. The molecule has 5 amide bonds. The van der Waals surface area contributed by atoms with Crippen LogP contribution in [0.5, 0.6) is 0 Å². The highest BCUT2D eigenvalue weighted by atomic mass is 28.4. The van der Waals surface area contributed by atoms with Crippen LogP contribution in [-0.2, 0) is 30.4 Å². The van der Waals surface area contributed by atoms with Gasteiger partial charge in [0.1, 0.15) is 12.1 Å². The lowest BCUT2D eigenvalue weighted by Gasteiger charge is -2.44. The van der Waals surface area contributed by atoms with Gasteiger partial charge in [0.2, 0.25) is 29.5 Å². The van der Waals surface area contributed by atoms with Crippen LogP contribution in [0.25, 0.3) is 0 Å². The molecule has 0 unspecified atom stereocenters. The zero-order valence-electron chi connectivity index (χ0n) is 25.7. The Labute approximate surface area is 244 Å². The summed E-state index contributed by atoms with van der Waals surface area (Å²) >= 11 is 0. The molecule has 0 radical (unpaired) electrons. The largest absolute Gasteiger partial charge is 0.368 e. The van der Waals surface area contributed by atoms with Gasteiger partial charge in [-0.05, 0) is 21.6 Å². The van der Waals surface area contributed by atoms with Crippen LogP contribution in [-0.4, -0.2) is 63.1 Å². The molecule has 41 heavy (non-hydrogen) atoms. The quantitative estimate of drug-likeness (QED) is 0.165. The SMILES string of the molecule is CC(C)[C@H](NC(=O)C[Si](F)(C(C)(C)C)C(C)(C)C)C(=O)NCCC(=O)N[C@@H](Cc1ccccc1)C(=O)NCC(N)=O. The third-order valence-corrected chi connectivity index (χ3v) is 12.6. The number of amides is 5. The Balaban J connectivity index is 2.79. The van der Waals surface area contributed by atoms with E-state index in [1.54, 1.807) is 79.7 Å². The van der Waals surface area contributed by atoms with Crippen LogP contribution in [0, 0.1) is 5.92 Å². The van der Waals surface area contributed by atoms with Gasteiger partial charge in [-0.3, -0.25) is 24.0 Å². The first-order valence-electron chi connectivity index (χ1n) is 13.9. The fourth-order valence-electron chi connectivity index (χ4n) is 4.67. The van der Waals surface area contributed by atoms with E-state index in [-0.39, 0.29) is 37.9 Å². The fraction of sp³-hybridized carbons (Fsp3) is 0.621. The summed E-state index contributed by atoms with van der Waals surface area (Å²) in [5.41, 5.74) is 5.91. The molecule has 6 N–H and O–H groups in total. The molecule has 230 valence electrons. The van der Waals surface area contributed by atoms with Gasteiger partial charge in [0.05, 0.1) is 12.6 Å². The van der Waals surface area contributed by atoms with E-state index in [0.717, 1.165) is 5.56 Å². The molecule has 0 fully saturated rings. The van der Waals surface area contributed by atoms with E-state index in [9.17, 15) is 24.0 Å². The Kier molecular flexibility index (Phi) is 13.2. The van der Waals surface area contributed by atoms with Crippen LogP contribution in [0.4, 0.5) is 4.11 Å². The minimum Gasteiger partial charge on any atom is -0.368 e. The highest BCUT2D eigenvalue weighted by Gasteiger charge is 2.56. The lowest BCUT2D eigenvalue weighted by molar-refractivity contribution is -0.130. The van der Waals surface area contributed by atoms with Crippen molar-refractivity contribution in [2.24, 2.45) is 11.7 Å². The molecule has 0 saturated heterocycles. The number of halogens is 1. The predicted octanol–water partition coefficient (Wildman–Crippen LogP) is 2.48. The number of hydrogen-bond acceptors (Lipinski definition) is 5. The van der Waals surface area contributed by atoms with E-state index < -0.39 is 60.1 Å². The number of nitrogens with two attached hydrogens (primary N) is 1. The number of rotatable bonds is 14. The Bertz CT molecular complexity index is 1060. The maximum atomic E-state index is 16.3. The molecule has 0 aliphatic heterocycles. The van der Waals surface area contributed by atoms with Gasteiger partial charge in [0, 0.05) is 19.4 Å². The molecule has 0 bridgehead atoms. The summed E-state index contributed by atoms with van der Waals surface area (Å²) in [6.45, 7) is 14.0. The minimum atomic E-state index is -3.61. The van der Waals surface area contributed by atoms with Crippen LogP contribution in [0.15, 0.2) is 30.3 Å². The molecule has 2 atom stereocenters. The Morgan fingerprint density at radius 2 is 1.41 bits per heavy atom. The zero-order valence-corrected chi connectivity index (χ0v) is 26.7. The molecular formula is C29H48FN5O5Si. The Morgan fingerprint density at radius 1 is 0.854 bits per heavy atom. The number of primary amides is 1. The van der Waals surface area contributed by atoms with Crippen molar-refractivity contribution in [1.29, 1.82) is 0 Å². The average molecular weight is 594 g/mol. The third kappa shape index (κ3) is 11.3. The molecule has 0 aliphatic rings. The summed E-state index contributed by atoms with van der Waals surface area (Å²) in [6, 6.07) is 6.91. The normalized spacial score (nSPS) is 13.6. The first-order chi connectivity index (χ1) is 18.8. The number of carbonyl (C=O) groups excluding carboxylic acids is 5. The number of nitrogens with one attached hydrogen (secondary N) is 4. The fourth-order valence-corrected chi connectivity index (χ4v) is 8.52. The molecule has 12 heteroatoms. The molecule has 1 aromatic rings. The summed E-state index contributed by atoms with van der Waals surface area (Å²) in [4.78, 5) is 62.2. The highest BCUT2D eigenvalue weighted by molar-refractivity contribution is 6.81. The van der Waals surface area contributed by atoms with Gasteiger partial charge >= 0.3 is 0 Å². The molecule has 0 heterocycles. The maximum absolute atomic E-state index is 16.3. The van der Waals surface area contributed by atoms with Gasteiger partial charge in [-0.15, -0.1) is 0 Å². The molecule has 10 nitrogen and oxygen atoms in total. The molecule has 0 aliphatic carbocycles. The topological polar surface area (TPSA) is 159 Å². The first-order valence-corrected chi connectivity index (χ1v) is 16.0. The third-order valence-electron chi connectivity index (χ3n) is 7.07. The lowest BCUT2D eigenvalue weighted by Crippen LogP contribution is -2.55. The standard InChI is InChI=1S/C29H48FN5O5Si/c1-19(2)25(35-24(38)18-41(30,28(3,4)5)29(6,7)8)27(40)32-15-14-23(37)34-21(26(39)33-17-22(31)36)16-20-12-10-9-11-13-20/h9-13,19,21,25H,14-18H2,1-8H3,(H2,31,36)(H,32,40)(H,33,39)(H,34,37)(H,35,38)/t21-,25-/m0/s1. The van der Waals surface area contributed by atoms with Crippen molar-refractivity contribution in [3.8, 4) is 0 Å². The molecule has 0 spiro atoms. The van der Waals surface area contributed by atoms with E-state index in [2.05, 4.69) is 21.3 Å². The number of benzene rings is 1. The summed E-state index contributed by atoms with van der Waals surface area (Å²) in [5, 5.41) is 9.04. The van der Waals surface area contributed by atoms with E-state index in [1.165, 1.54) is 0 Å². The van der Waals surface area contributed by atoms with E-state index in [1.807, 2.05) is 6.07 Å². The second-order valence-corrected chi connectivity index (χ2v) is 17.8. The van der Waals surface area contributed by atoms with E-state index >= 15 is 4.11 Å². The van der Waals surface area contributed by atoms with Gasteiger partial charge < -0.3 is 31.1 Å². The Morgan fingerprint density at radius 3 is 1.90 bits per heavy atom. The summed E-state index contributed by atoms with van der Waals surface area (Å²) in [7, 11) is -3.61. The minimum absolute atomic E-state index is 0.0451. The van der Waals surface area contributed by atoms with Crippen LogP contribution in [0.2, 0.25) is 16.1 Å².